The maximum Gasteiger partial charge on any atom is 0.274 e. The molecule has 37 heavy (non-hydrogen) atoms. The van der Waals surface area contributed by atoms with Crippen molar-refractivity contribution in [3.63, 3.8) is 0 Å². The lowest BCUT2D eigenvalue weighted by atomic mass is 9.84. The summed E-state index contributed by atoms with van der Waals surface area (Å²) in [7, 11) is 0. The maximum absolute atomic E-state index is 13.7. The van der Waals surface area contributed by atoms with Gasteiger partial charge < -0.3 is 9.88 Å². The van der Waals surface area contributed by atoms with Crippen molar-refractivity contribution in [2.75, 3.05) is 13.2 Å². The summed E-state index contributed by atoms with van der Waals surface area (Å²) in [6, 6.07) is 9.58. The van der Waals surface area contributed by atoms with Crippen LogP contribution in [0.5, 0.6) is 0 Å². The van der Waals surface area contributed by atoms with E-state index in [0.29, 0.717) is 29.5 Å². The summed E-state index contributed by atoms with van der Waals surface area (Å²) in [6.45, 7) is 1.68. The second kappa shape index (κ2) is 9.53. The highest BCUT2D eigenvalue weighted by Gasteiger charge is 2.41. The lowest BCUT2D eigenvalue weighted by Crippen LogP contribution is -2.58. The Morgan fingerprint density at radius 2 is 1.92 bits per heavy atom. The molecule has 4 heterocycles. The Hall–Kier alpha value is -3.88. The van der Waals surface area contributed by atoms with Gasteiger partial charge in [-0.2, -0.15) is 9.61 Å². The van der Waals surface area contributed by atoms with Crippen molar-refractivity contribution in [1.29, 1.82) is 0 Å². The zero-order valence-electron chi connectivity index (χ0n) is 20.7. The summed E-state index contributed by atoms with van der Waals surface area (Å²) < 4.78 is 14.5. The van der Waals surface area contributed by atoms with Crippen molar-refractivity contribution >= 4 is 11.6 Å². The molecule has 1 aromatic carbocycles. The molecule has 3 aromatic heterocycles. The largest absolute Gasteiger partial charge is 0.339 e. The number of carbonyl (C=O) groups is 1. The Bertz CT molecular complexity index is 1490. The third-order valence-corrected chi connectivity index (χ3v) is 8.00. The number of aromatic nitrogens is 5. The zero-order chi connectivity index (χ0) is 25.5. The number of rotatable bonds is 5. The summed E-state index contributed by atoms with van der Waals surface area (Å²) >= 11 is 0. The molecule has 1 saturated heterocycles. The fourth-order valence-corrected chi connectivity index (χ4v) is 5.65. The number of H-pyrrole nitrogens is 1. The van der Waals surface area contributed by atoms with Crippen LogP contribution in [-0.2, 0) is 0 Å². The molecule has 1 aliphatic carbocycles. The second-order valence-electron chi connectivity index (χ2n) is 10.2. The lowest BCUT2D eigenvalue weighted by Gasteiger charge is -2.45. The van der Waals surface area contributed by atoms with E-state index in [1.807, 2.05) is 19.1 Å². The molecule has 190 valence electrons. The SMILES string of the molecule is CC1C(CF)CN1C(=O)c1c(-c2cnccn2)nn2c(=O)cc(-c3ccc(C4CCCCC4)cc3)[nH]c12. The number of fused-ring (bicyclic) bond motifs is 1. The quantitative estimate of drug-likeness (QED) is 0.431. The van der Waals surface area contributed by atoms with E-state index in [1.165, 1.54) is 66.8 Å². The van der Waals surface area contributed by atoms with Gasteiger partial charge in [0.25, 0.3) is 11.5 Å². The monoisotopic (exact) mass is 500 g/mol. The van der Waals surface area contributed by atoms with Crippen LogP contribution in [0.1, 0.15) is 60.9 Å². The Morgan fingerprint density at radius 3 is 2.59 bits per heavy atom. The minimum Gasteiger partial charge on any atom is -0.339 e. The van der Waals surface area contributed by atoms with Gasteiger partial charge in [0.15, 0.2) is 5.65 Å². The van der Waals surface area contributed by atoms with Gasteiger partial charge in [-0.05, 0) is 36.8 Å². The number of alkyl halides is 1. The molecule has 1 N–H and O–H groups in total. The van der Waals surface area contributed by atoms with Crippen molar-refractivity contribution in [1.82, 2.24) is 29.5 Å². The van der Waals surface area contributed by atoms with E-state index in [-0.39, 0.29) is 34.7 Å². The Balaban J connectivity index is 1.44. The Kier molecular flexibility index (Phi) is 6.06. The number of carbonyl (C=O) groups excluding carboxylic acids is 1. The van der Waals surface area contributed by atoms with Gasteiger partial charge in [0.05, 0.1) is 18.6 Å². The van der Waals surface area contributed by atoms with Crippen LogP contribution in [0.2, 0.25) is 0 Å². The predicted molar refractivity (Wildman–Crippen MR) is 138 cm³/mol. The second-order valence-corrected chi connectivity index (χ2v) is 10.2. The van der Waals surface area contributed by atoms with Crippen LogP contribution in [-0.4, -0.2) is 54.6 Å². The van der Waals surface area contributed by atoms with Crippen LogP contribution in [0.3, 0.4) is 0 Å². The number of amides is 1. The summed E-state index contributed by atoms with van der Waals surface area (Å²) in [5, 5.41) is 4.47. The third kappa shape index (κ3) is 4.12. The van der Waals surface area contributed by atoms with Crippen LogP contribution >= 0.6 is 0 Å². The molecular weight excluding hydrogens is 471 g/mol. The fraction of sp³-hybridized carbons (Fsp3) is 0.393. The van der Waals surface area contributed by atoms with Gasteiger partial charge in [-0.25, -0.2) is 0 Å². The number of halogens is 1. The summed E-state index contributed by atoms with van der Waals surface area (Å²) in [5.41, 5.74) is 3.61. The van der Waals surface area contributed by atoms with Gasteiger partial charge in [-0.15, -0.1) is 0 Å². The van der Waals surface area contributed by atoms with Gasteiger partial charge in [-0.1, -0.05) is 43.5 Å². The van der Waals surface area contributed by atoms with Crippen LogP contribution in [0.15, 0.2) is 53.7 Å². The molecule has 2 atom stereocenters. The van der Waals surface area contributed by atoms with E-state index >= 15 is 0 Å². The molecular formula is C28H29FN6O2. The van der Waals surface area contributed by atoms with Crippen molar-refractivity contribution < 1.29 is 9.18 Å². The molecule has 1 aliphatic heterocycles. The molecule has 8 nitrogen and oxygen atoms in total. The minimum atomic E-state index is -0.478. The maximum atomic E-state index is 13.7. The molecule has 2 fully saturated rings. The van der Waals surface area contributed by atoms with Crippen LogP contribution in [0, 0.1) is 5.92 Å². The van der Waals surface area contributed by atoms with Crippen molar-refractivity contribution in [3.05, 3.63) is 70.4 Å². The smallest absolute Gasteiger partial charge is 0.274 e. The first-order chi connectivity index (χ1) is 18.0. The van der Waals surface area contributed by atoms with E-state index in [2.05, 4.69) is 32.2 Å². The van der Waals surface area contributed by atoms with Crippen LogP contribution < -0.4 is 5.56 Å². The fourth-order valence-electron chi connectivity index (χ4n) is 5.65. The molecule has 2 aliphatic rings. The van der Waals surface area contributed by atoms with Crippen LogP contribution in [0.4, 0.5) is 4.39 Å². The molecule has 2 unspecified atom stereocenters. The molecule has 0 radical (unpaired) electrons. The number of hydrogen-bond acceptors (Lipinski definition) is 5. The highest BCUT2D eigenvalue weighted by atomic mass is 19.1. The van der Waals surface area contributed by atoms with Gasteiger partial charge in [0.1, 0.15) is 17.0 Å². The van der Waals surface area contributed by atoms with Crippen molar-refractivity contribution in [3.8, 4) is 22.6 Å². The third-order valence-electron chi connectivity index (χ3n) is 8.00. The minimum absolute atomic E-state index is 0.192. The van der Waals surface area contributed by atoms with E-state index in [4.69, 9.17) is 0 Å². The van der Waals surface area contributed by atoms with E-state index in [0.717, 1.165) is 5.56 Å². The normalized spacial score (nSPS) is 20.2. The standard InChI is InChI=1S/C28H29FN6O2/c1-17-21(14-29)16-34(17)28(37)25-26(23-15-30-11-12-31-23)33-35-24(36)13-22(32-27(25)35)20-9-7-19(8-10-20)18-5-3-2-4-6-18/h7-13,15,17-18,21,32H,2-6,14,16H2,1H3. The molecule has 4 aromatic rings. The number of benzene rings is 1. The number of aromatic amines is 1. The molecule has 1 amide bonds. The Labute approximate surface area is 213 Å². The summed E-state index contributed by atoms with van der Waals surface area (Å²) in [5.74, 6) is 0.0842. The van der Waals surface area contributed by atoms with E-state index < -0.39 is 6.67 Å². The zero-order valence-corrected chi connectivity index (χ0v) is 20.7. The molecule has 0 bridgehead atoms. The first-order valence-corrected chi connectivity index (χ1v) is 12.9. The lowest BCUT2D eigenvalue weighted by molar-refractivity contribution is 0.0142. The average Bonchev–Trinajstić information content (AvgIpc) is 3.34. The highest BCUT2D eigenvalue weighted by Crippen LogP contribution is 2.34. The average molecular weight is 501 g/mol. The first kappa shape index (κ1) is 23.5. The van der Waals surface area contributed by atoms with E-state index in [1.54, 1.807) is 4.90 Å². The summed E-state index contributed by atoms with van der Waals surface area (Å²) in [6.07, 6.45) is 10.8. The van der Waals surface area contributed by atoms with Crippen molar-refractivity contribution in [2.24, 2.45) is 5.92 Å². The van der Waals surface area contributed by atoms with Gasteiger partial charge >= 0.3 is 0 Å². The molecule has 9 heteroatoms. The number of likely N-dealkylation sites (tertiary alicyclic amines) is 1. The number of hydrogen-bond donors (Lipinski definition) is 1. The molecule has 6 rings (SSSR count). The highest BCUT2D eigenvalue weighted by molar-refractivity contribution is 6.05. The Morgan fingerprint density at radius 1 is 1.14 bits per heavy atom. The number of nitrogens with one attached hydrogen (secondary N) is 1. The molecule has 0 spiro atoms. The van der Waals surface area contributed by atoms with Gasteiger partial charge in [0, 0.05) is 37.0 Å². The summed E-state index contributed by atoms with van der Waals surface area (Å²) in [4.78, 5) is 40.3. The topological polar surface area (TPSA) is 96.2 Å². The molecule has 1 saturated carbocycles. The van der Waals surface area contributed by atoms with Gasteiger partial charge in [0.2, 0.25) is 0 Å². The van der Waals surface area contributed by atoms with Gasteiger partial charge in [-0.3, -0.25) is 23.9 Å². The first-order valence-electron chi connectivity index (χ1n) is 12.9. The number of nitrogens with zero attached hydrogens (tertiary/aromatic N) is 5. The van der Waals surface area contributed by atoms with E-state index in [9.17, 15) is 14.0 Å². The van der Waals surface area contributed by atoms with Crippen LogP contribution in [0.25, 0.3) is 28.3 Å². The van der Waals surface area contributed by atoms with Crippen molar-refractivity contribution in [2.45, 2.75) is 51.0 Å². The predicted octanol–water partition coefficient (Wildman–Crippen LogP) is 4.62.